The van der Waals surface area contributed by atoms with Crippen molar-refractivity contribution in [3.63, 3.8) is 0 Å². The monoisotopic (exact) mass is 279 g/mol. The van der Waals surface area contributed by atoms with Gasteiger partial charge in [-0.15, -0.1) is 0 Å². The highest BCUT2D eigenvalue weighted by Crippen LogP contribution is 2.30. The molecule has 1 saturated heterocycles. The van der Waals surface area contributed by atoms with Gasteiger partial charge in [-0.05, 0) is 38.8 Å². The van der Waals surface area contributed by atoms with Gasteiger partial charge in [0.2, 0.25) is 0 Å². The maximum Gasteiger partial charge on any atom is 0.410 e. The molecule has 0 saturated carbocycles. The van der Waals surface area contributed by atoms with Crippen molar-refractivity contribution in [1.82, 2.24) is 4.90 Å². The quantitative estimate of drug-likeness (QED) is 0.776. The predicted molar refractivity (Wildman–Crippen MR) is 77.3 cm³/mol. The van der Waals surface area contributed by atoms with Crippen LogP contribution in [-0.4, -0.2) is 43.8 Å². The molecule has 0 aromatic carbocycles. The summed E-state index contributed by atoms with van der Waals surface area (Å²) in [7, 11) is 1.68. The molecule has 0 radical (unpaired) electrons. The van der Waals surface area contributed by atoms with Crippen LogP contribution >= 0.6 is 0 Å². The van der Waals surface area contributed by atoms with E-state index in [1.807, 2.05) is 26.8 Å². The van der Waals surface area contributed by atoms with E-state index in [9.17, 15) is 4.79 Å². The number of hydrogen-bond donors (Lipinski definition) is 0. The highest BCUT2D eigenvalue weighted by molar-refractivity contribution is 5.98. The van der Waals surface area contributed by atoms with Crippen LogP contribution in [0.1, 0.15) is 38.7 Å². The number of nitrogens with zero attached hydrogens (tertiary/aromatic N) is 1. The molecule has 0 spiro atoms. The summed E-state index contributed by atoms with van der Waals surface area (Å²) in [6.07, 6.45) is 3.96. The number of carbonyl (C=O) groups is 1. The van der Waals surface area contributed by atoms with E-state index < -0.39 is 5.60 Å². The normalized spacial score (nSPS) is 23.6. The third-order valence-electron chi connectivity index (χ3n) is 3.48. The van der Waals surface area contributed by atoms with Crippen LogP contribution in [0.25, 0.3) is 0 Å². The van der Waals surface area contributed by atoms with Crippen LogP contribution in [0, 0.1) is 0 Å². The Morgan fingerprint density at radius 1 is 1.50 bits per heavy atom. The lowest BCUT2D eigenvalue weighted by molar-refractivity contribution is 0.00452. The standard InChI is InChI=1S/C14H22BNO4/c1-14(2,3)19-13(17)16-6-4-11(12(8-16)20-15)10-5-7-18-9-10/h5,7,9,11-12H,4,6,8,15H2,1-3H3. The fourth-order valence-corrected chi connectivity index (χ4v) is 2.51. The van der Waals surface area contributed by atoms with Crippen molar-refractivity contribution in [2.75, 3.05) is 13.1 Å². The molecule has 1 aromatic rings. The van der Waals surface area contributed by atoms with Crippen molar-refractivity contribution in [2.45, 2.75) is 44.8 Å². The van der Waals surface area contributed by atoms with Gasteiger partial charge in [0.15, 0.2) is 0 Å². The predicted octanol–water partition coefficient (Wildman–Crippen LogP) is 1.94. The highest BCUT2D eigenvalue weighted by Gasteiger charge is 2.34. The Morgan fingerprint density at radius 3 is 2.80 bits per heavy atom. The average Bonchev–Trinajstić information content (AvgIpc) is 2.89. The molecule has 2 atom stereocenters. The van der Waals surface area contributed by atoms with E-state index in [0.717, 1.165) is 12.0 Å². The third kappa shape index (κ3) is 3.57. The van der Waals surface area contributed by atoms with Gasteiger partial charge in [0.05, 0.1) is 18.6 Å². The molecular formula is C14H22BNO4. The van der Waals surface area contributed by atoms with Crippen LogP contribution in [0.4, 0.5) is 4.79 Å². The first-order valence-corrected chi connectivity index (χ1v) is 6.93. The summed E-state index contributed by atoms with van der Waals surface area (Å²) in [6.45, 7) is 6.83. The van der Waals surface area contributed by atoms with Crippen molar-refractivity contribution in [3.05, 3.63) is 24.2 Å². The van der Waals surface area contributed by atoms with Crippen molar-refractivity contribution < 1.29 is 18.6 Å². The zero-order valence-corrected chi connectivity index (χ0v) is 12.6. The fourth-order valence-electron chi connectivity index (χ4n) is 2.51. The van der Waals surface area contributed by atoms with Crippen LogP contribution in [-0.2, 0) is 9.39 Å². The van der Waals surface area contributed by atoms with E-state index in [-0.39, 0.29) is 18.1 Å². The molecule has 2 rings (SSSR count). The van der Waals surface area contributed by atoms with Gasteiger partial charge in [-0.2, -0.15) is 0 Å². The largest absolute Gasteiger partial charge is 0.472 e. The number of piperidine rings is 1. The zero-order chi connectivity index (χ0) is 14.8. The minimum absolute atomic E-state index is 0.0335. The van der Waals surface area contributed by atoms with E-state index in [0.29, 0.717) is 13.1 Å². The van der Waals surface area contributed by atoms with Crippen molar-refractivity contribution >= 4 is 14.1 Å². The van der Waals surface area contributed by atoms with E-state index in [2.05, 4.69) is 0 Å². The van der Waals surface area contributed by atoms with Crippen molar-refractivity contribution in [3.8, 4) is 0 Å². The summed E-state index contributed by atoms with van der Waals surface area (Å²) in [4.78, 5) is 13.8. The van der Waals surface area contributed by atoms with Gasteiger partial charge in [0.25, 0.3) is 8.05 Å². The molecule has 0 aliphatic carbocycles. The van der Waals surface area contributed by atoms with Gasteiger partial charge in [-0.3, -0.25) is 0 Å². The molecule has 6 heteroatoms. The van der Waals surface area contributed by atoms with Crippen LogP contribution in [0.5, 0.6) is 0 Å². The first-order chi connectivity index (χ1) is 9.40. The first-order valence-electron chi connectivity index (χ1n) is 6.93. The summed E-state index contributed by atoms with van der Waals surface area (Å²) in [5.41, 5.74) is 0.654. The summed E-state index contributed by atoms with van der Waals surface area (Å²) >= 11 is 0. The van der Waals surface area contributed by atoms with E-state index in [1.54, 1.807) is 25.5 Å². The molecule has 0 N–H and O–H groups in total. The van der Waals surface area contributed by atoms with Gasteiger partial charge in [0.1, 0.15) is 5.60 Å². The maximum atomic E-state index is 12.1. The molecule has 0 bridgehead atoms. The fraction of sp³-hybridized carbons (Fsp3) is 0.643. The second kappa shape index (κ2) is 5.91. The van der Waals surface area contributed by atoms with Crippen LogP contribution in [0.15, 0.2) is 23.0 Å². The molecule has 1 aliphatic rings. The number of carbonyl (C=O) groups excluding carboxylic acids is 1. The Morgan fingerprint density at radius 2 is 2.25 bits per heavy atom. The summed E-state index contributed by atoms with van der Waals surface area (Å²) in [5, 5.41) is 0. The average molecular weight is 279 g/mol. The topological polar surface area (TPSA) is 51.9 Å². The first kappa shape index (κ1) is 15.0. The Kier molecular flexibility index (Phi) is 4.43. The Hall–Kier alpha value is -1.43. The van der Waals surface area contributed by atoms with Gasteiger partial charge in [0, 0.05) is 19.0 Å². The Bertz CT molecular complexity index is 441. The Labute approximate surface area is 120 Å². The smallest absolute Gasteiger partial charge is 0.410 e. The van der Waals surface area contributed by atoms with E-state index >= 15 is 0 Å². The minimum atomic E-state index is -0.471. The van der Waals surface area contributed by atoms with Crippen molar-refractivity contribution in [2.24, 2.45) is 0 Å². The SMILES string of the molecule is BOC1CN(C(=O)OC(C)(C)C)CCC1c1ccoc1. The molecule has 20 heavy (non-hydrogen) atoms. The lowest BCUT2D eigenvalue weighted by Crippen LogP contribution is -2.48. The summed E-state index contributed by atoms with van der Waals surface area (Å²) < 4.78 is 16.1. The van der Waals surface area contributed by atoms with Gasteiger partial charge >= 0.3 is 6.09 Å². The molecule has 110 valence electrons. The maximum absolute atomic E-state index is 12.1. The molecule has 1 aromatic heterocycles. The Balaban J connectivity index is 2.00. The molecular weight excluding hydrogens is 257 g/mol. The summed E-state index contributed by atoms with van der Waals surface area (Å²) in [5.74, 6) is 0.262. The number of furan rings is 1. The summed E-state index contributed by atoms with van der Waals surface area (Å²) in [6, 6.07) is 1.96. The van der Waals surface area contributed by atoms with E-state index in [4.69, 9.17) is 13.8 Å². The van der Waals surface area contributed by atoms with Gasteiger partial charge in [-0.1, -0.05) is 0 Å². The van der Waals surface area contributed by atoms with Gasteiger partial charge < -0.3 is 18.7 Å². The zero-order valence-electron chi connectivity index (χ0n) is 12.6. The lowest BCUT2D eigenvalue weighted by atomic mass is 9.88. The number of ether oxygens (including phenoxy) is 1. The number of rotatable bonds is 2. The van der Waals surface area contributed by atoms with E-state index in [1.165, 1.54) is 0 Å². The molecule has 5 nitrogen and oxygen atoms in total. The lowest BCUT2D eigenvalue weighted by Gasteiger charge is -2.38. The van der Waals surface area contributed by atoms with Crippen LogP contribution in [0.2, 0.25) is 0 Å². The molecule has 1 fully saturated rings. The number of amides is 1. The molecule has 2 unspecified atom stereocenters. The van der Waals surface area contributed by atoms with Crippen LogP contribution in [0.3, 0.4) is 0 Å². The van der Waals surface area contributed by atoms with Crippen molar-refractivity contribution in [1.29, 1.82) is 0 Å². The highest BCUT2D eigenvalue weighted by atomic mass is 16.6. The molecule has 2 heterocycles. The van der Waals surface area contributed by atoms with Gasteiger partial charge in [-0.25, -0.2) is 4.79 Å². The third-order valence-corrected chi connectivity index (χ3v) is 3.48. The van der Waals surface area contributed by atoms with Crippen LogP contribution < -0.4 is 0 Å². The second-order valence-corrected chi connectivity index (χ2v) is 6.15. The minimum Gasteiger partial charge on any atom is -0.472 e. The number of likely N-dealkylation sites (tertiary alicyclic amines) is 1. The second-order valence-electron chi connectivity index (χ2n) is 6.15. The number of hydrogen-bond acceptors (Lipinski definition) is 4. The molecule has 1 amide bonds. The molecule has 1 aliphatic heterocycles.